The molecule has 1 unspecified atom stereocenters. The Kier molecular flexibility index (Phi) is 3.31. The SMILES string of the molecule is C[C@@H]1CC(C)(C)CC(C)(CNC(=O)O)C1. The van der Waals surface area contributed by atoms with Crippen molar-refractivity contribution in [2.75, 3.05) is 6.54 Å². The Morgan fingerprint density at radius 2 is 2.00 bits per heavy atom. The Morgan fingerprint density at radius 3 is 2.47 bits per heavy atom. The van der Waals surface area contributed by atoms with Gasteiger partial charge in [0.15, 0.2) is 0 Å². The fourth-order valence-electron chi connectivity index (χ4n) is 3.58. The second kappa shape index (κ2) is 4.03. The summed E-state index contributed by atoms with van der Waals surface area (Å²) < 4.78 is 0. The molecular formula is C12H23NO2. The van der Waals surface area contributed by atoms with Gasteiger partial charge in [0.2, 0.25) is 0 Å². The first-order valence-corrected chi connectivity index (χ1v) is 5.69. The van der Waals surface area contributed by atoms with Crippen LogP contribution in [0.3, 0.4) is 0 Å². The maximum absolute atomic E-state index is 10.5. The van der Waals surface area contributed by atoms with Crippen molar-refractivity contribution in [1.29, 1.82) is 0 Å². The van der Waals surface area contributed by atoms with Gasteiger partial charge in [-0.05, 0) is 36.0 Å². The molecule has 0 aromatic carbocycles. The van der Waals surface area contributed by atoms with Gasteiger partial charge in [0.25, 0.3) is 0 Å². The Bertz CT molecular complexity index is 250. The van der Waals surface area contributed by atoms with E-state index in [1.165, 1.54) is 6.42 Å². The minimum Gasteiger partial charge on any atom is -0.465 e. The van der Waals surface area contributed by atoms with Crippen molar-refractivity contribution in [3.63, 3.8) is 0 Å². The molecule has 88 valence electrons. The van der Waals surface area contributed by atoms with E-state index in [0.29, 0.717) is 17.9 Å². The molecule has 0 spiro atoms. The van der Waals surface area contributed by atoms with Crippen LogP contribution in [0.15, 0.2) is 0 Å². The van der Waals surface area contributed by atoms with Gasteiger partial charge in [-0.15, -0.1) is 0 Å². The molecule has 0 aromatic rings. The van der Waals surface area contributed by atoms with E-state index in [9.17, 15) is 4.79 Å². The molecule has 0 aliphatic heterocycles. The lowest BCUT2D eigenvalue weighted by atomic mass is 9.61. The first-order chi connectivity index (χ1) is 6.72. The summed E-state index contributed by atoms with van der Waals surface area (Å²) in [6.07, 6.45) is 2.56. The summed E-state index contributed by atoms with van der Waals surface area (Å²) in [5, 5.41) is 11.2. The normalized spacial score (nSPS) is 34.8. The zero-order valence-corrected chi connectivity index (χ0v) is 10.3. The van der Waals surface area contributed by atoms with Crippen molar-refractivity contribution in [3.05, 3.63) is 0 Å². The minimum atomic E-state index is -0.910. The zero-order chi connectivity index (χ0) is 11.7. The van der Waals surface area contributed by atoms with Crippen LogP contribution < -0.4 is 5.32 Å². The van der Waals surface area contributed by atoms with Gasteiger partial charge < -0.3 is 10.4 Å². The van der Waals surface area contributed by atoms with Gasteiger partial charge in [-0.1, -0.05) is 27.7 Å². The summed E-state index contributed by atoms with van der Waals surface area (Å²) in [6, 6.07) is 0. The predicted molar refractivity (Wildman–Crippen MR) is 60.9 cm³/mol. The molecule has 1 fully saturated rings. The largest absolute Gasteiger partial charge is 0.465 e. The predicted octanol–water partition coefficient (Wildman–Crippen LogP) is 3.11. The highest BCUT2D eigenvalue weighted by Crippen LogP contribution is 2.48. The second-order valence-corrected chi connectivity index (χ2v) is 6.32. The van der Waals surface area contributed by atoms with Crippen molar-refractivity contribution < 1.29 is 9.90 Å². The summed E-state index contributed by atoms with van der Waals surface area (Å²) in [7, 11) is 0. The Hall–Kier alpha value is -0.730. The average molecular weight is 213 g/mol. The van der Waals surface area contributed by atoms with Gasteiger partial charge in [-0.2, -0.15) is 0 Å². The van der Waals surface area contributed by atoms with E-state index in [-0.39, 0.29) is 5.41 Å². The Labute approximate surface area is 92.3 Å². The number of hydrogen-bond acceptors (Lipinski definition) is 1. The molecule has 3 heteroatoms. The standard InChI is InChI=1S/C12H23NO2/c1-9-5-11(2,3)7-12(4,6-9)8-13-10(14)15/h9,13H,5-8H2,1-4H3,(H,14,15)/t9-,12?/m1/s1. The van der Waals surface area contributed by atoms with E-state index in [1.807, 2.05) is 0 Å². The van der Waals surface area contributed by atoms with Gasteiger partial charge in [-0.3, -0.25) is 0 Å². The fraction of sp³-hybridized carbons (Fsp3) is 0.917. The monoisotopic (exact) mass is 213 g/mol. The van der Waals surface area contributed by atoms with Crippen LogP contribution in [0.4, 0.5) is 4.79 Å². The summed E-state index contributed by atoms with van der Waals surface area (Å²) in [6.45, 7) is 9.60. The second-order valence-electron chi connectivity index (χ2n) is 6.32. The molecule has 2 N–H and O–H groups in total. The minimum absolute atomic E-state index is 0.125. The number of carbonyl (C=O) groups is 1. The lowest BCUT2D eigenvalue weighted by Crippen LogP contribution is -2.42. The quantitative estimate of drug-likeness (QED) is 0.740. The van der Waals surface area contributed by atoms with Crippen molar-refractivity contribution in [2.45, 2.75) is 47.0 Å². The molecule has 1 aliphatic carbocycles. The van der Waals surface area contributed by atoms with Gasteiger partial charge in [0, 0.05) is 6.54 Å². The van der Waals surface area contributed by atoms with E-state index in [2.05, 4.69) is 33.0 Å². The van der Waals surface area contributed by atoms with E-state index >= 15 is 0 Å². The molecule has 1 rings (SSSR count). The zero-order valence-electron chi connectivity index (χ0n) is 10.3. The van der Waals surface area contributed by atoms with E-state index in [0.717, 1.165) is 12.8 Å². The van der Waals surface area contributed by atoms with Crippen molar-refractivity contribution in [2.24, 2.45) is 16.7 Å². The van der Waals surface area contributed by atoms with Crippen LogP contribution in [0.5, 0.6) is 0 Å². The van der Waals surface area contributed by atoms with Crippen LogP contribution >= 0.6 is 0 Å². The van der Waals surface area contributed by atoms with Crippen molar-refractivity contribution in [3.8, 4) is 0 Å². The van der Waals surface area contributed by atoms with E-state index < -0.39 is 6.09 Å². The molecule has 3 nitrogen and oxygen atoms in total. The Morgan fingerprint density at radius 1 is 1.40 bits per heavy atom. The highest BCUT2D eigenvalue weighted by Gasteiger charge is 2.39. The molecule has 0 saturated heterocycles. The van der Waals surface area contributed by atoms with Gasteiger partial charge in [0.1, 0.15) is 0 Å². The van der Waals surface area contributed by atoms with E-state index in [4.69, 9.17) is 5.11 Å². The third-order valence-electron chi connectivity index (χ3n) is 3.31. The summed E-state index contributed by atoms with van der Waals surface area (Å²) in [4.78, 5) is 10.5. The van der Waals surface area contributed by atoms with Crippen molar-refractivity contribution in [1.82, 2.24) is 5.32 Å². The van der Waals surface area contributed by atoms with Crippen LogP contribution in [0.25, 0.3) is 0 Å². The highest BCUT2D eigenvalue weighted by atomic mass is 16.4. The fourth-order valence-corrected chi connectivity index (χ4v) is 3.58. The average Bonchev–Trinajstić information content (AvgIpc) is 1.96. The lowest BCUT2D eigenvalue weighted by molar-refractivity contribution is 0.0605. The molecule has 2 atom stereocenters. The summed E-state index contributed by atoms with van der Waals surface area (Å²) in [5.74, 6) is 0.689. The first-order valence-electron chi connectivity index (χ1n) is 5.69. The summed E-state index contributed by atoms with van der Waals surface area (Å²) in [5.41, 5.74) is 0.464. The topological polar surface area (TPSA) is 49.3 Å². The van der Waals surface area contributed by atoms with Gasteiger partial charge in [-0.25, -0.2) is 4.79 Å². The molecule has 1 amide bonds. The first kappa shape index (κ1) is 12.3. The Balaban J connectivity index is 2.62. The molecule has 0 heterocycles. The number of rotatable bonds is 2. The number of carboxylic acid groups (broad SMARTS) is 1. The van der Waals surface area contributed by atoms with Crippen LogP contribution in [-0.4, -0.2) is 17.7 Å². The molecule has 1 saturated carbocycles. The number of nitrogens with one attached hydrogen (secondary N) is 1. The number of amides is 1. The maximum Gasteiger partial charge on any atom is 0.404 e. The molecular weight excluding hydrogens is 190 g/mol. The third-order valence-corrected chi connectivity index (χ3v) is 3.31. The van der Waals surface area contributed by atoms with Crippen LogP contribution in [0.2, 0.25) is 0 Å². The highest BCUT2D eigenvalue weighted by molar-refractivity contribution is 5.64. The molecule has 0 radical (unpaired) electrons. The maximum atomic E-state index is 10.5. The third kappa shape index (κ3) is 3.73. The van der Waals surface area contributed by atoms with Gasteiger partial charge >= 0.3 is 6.09 Å². The molecule has 1 aliphatic rings. The van der Waals surface area contributed by atoms with Gasteiger partial charge in [0.05, 0.1) is 0 Å². The van der Waals surface area contributed by atoms with Crippen LogP contribution in [-0.2, 0) is 0 Å². The molecule has 15 heavy (non-hydrogen) atoms. The van der Waals surface area contributed by atoms with Crippen molar-refractivity contribution >= 4 is 6.09 Å². The van der Waals surface area contributed by atoms with Crippen LogP contribution in [0, 0.1) is 16.7 Å². The lowest BCUT2D eigenvalue weighted by Gasteiger charge is -2.45. The smallest absolute Gasteiger partial charge is 0.404 e. The molecule has 0 bridgehead atoms. The number of hydrogen-bond donors (Lipinski definition) is 2. The van der Waals surface area contributed by atoms with E-state index in [1.54, 1.807) is 0 Å². The summed E-state index contributed by atoms with van der Waals surface area (Å²) >= 11 is 0. The van der Waals surface area contributed by atoms with Crippen LogP contribution in [0.1, 0.15) is 47.0 Å². The molecule has 0 aromatic heterocycles.